The van der Waals surface area contributed by atoms with E-state index in [2.05, 4.69) is 10.3 Å². The molecule has 0 radical (unpaired) electrons. The predicted molar refractivity (Wildman–Crippen MR) is 123 cm³/mol. The zero-order chi connectivity index (χ0) is 26.2. The zero-order valence-electron chi connectivity index (χ0n) is 18.8. The van der Waals surface area contributed by atoms with E-state index in [1.807, 2.05) is 0 Å². The summed E-state index contributed by atoms with van der Waals surface area (Å²) < 4.78 is 74.1. The van der Waals surface area contributed by atoms with Crippen LogP contribution < -0.4 is 10.1 Å². The van der Waals surface area contributed by atoms with Crippen LogP contribution in [0, 0.1) is 11.6 Å². The number of hydrogen-bond acceptors (Lipinski definition) is 4. The molecule has 0 saturated heterocycles. The number of nitrogens with zero attached hydrogens (tertiary/aromatic N) is 1. The lowest BCUT2D eigenvalue weighted by molar-refractivity contribution is -0.189. The van der Waals surface area contributed by atoms with Crippen LogP contribution >= 0.6 is 11.6 Å². The molecule has 5 nitrogen and oxygen atoms in total. The summed E-state index contributed by atoms with van der Waals surface area (Å²) in [5.74, 6) is -3.36. The Bertz CT molecular complexity index is 1290. The molecule has 1 unspecified atom stereocenters. The summed E-state index contributed by atoms with van der Waals surface area (Å²) in [5.41, 5.74) is -0.0818. The summed E-state index contributed by atoms with van der Waals surface area (Å²) >= 11 is 5.91. The van der Waals surface area contributed by atoms with Crippen molar-refractivity contribution in [1.82, 2.24) is 4.98 Å². The van der Waals surface area contributed by atoms with Crippen molar-refractivity contribution in [3.8, 4) is 17.0 Å². The van der Waals surface area contributed by atoms with E-state index in [9.17, 15) is 27.5 Å². The minimum absolute atomic E-state index is 0.0366. The van der Waals surface area contributed by atoms with Gasteiger partial charge >= 0.3 is 6.18 Å². The molecule has 36 heavy (non-hydrogen) atoms. The van der Waals surface area contributed by atoms with Crippen molar-refractivity contribution in [1.29, 1.82) is 0 Å². The summed E-state index contributed by atoms with van der Waals surface area (Å²) in [6.07, 6.45) is -5.26. The average molecular weight is 527 g/mol. The highest BCUT2D eigenvalue weighted by Crippen LogP contribution is 2.42. The highest BCUT2D eigenvalue weighted by Gasteiger charge is 2.39. The van der Waals surface area contributed by atoms with Gasteiger partial charge in [-0.3, -0.25) is 4.79 Å². The highest BCUT2D eigenvalue weighted by atomic mass is 35.5. The van der Waals surface area contributed by atoms with E-state index < -0.39 is 53.4 Å². The van der Waals surface area contributed by atoms with Gasteiger partial charge in [-0.15, -0.1) is 0 Å². The van der Waals surface area contributed by atoms with Crippen molar-refractivity contribution in [2.24, 2.45) is 0 Å². The van der Waals surface area contributed by atoms with Gasteiger partial charge in [-0.05, 0) is 61.6 Å². The normalized spacial score (nSPS) is 14.4. The van der Waals surface area contributed by atoms with E-state index in [-0.39, 0.29) is 22.2 Å². The van der Waals surface area contributed by atoms with Gasteiger partial charge in [-0.25, -0.2) is 13.8 Å². The first-order valence-corrected chi connectivity index (χ1v) is 11.3. The molecule has 1 heterocycles. The van der Waals surface area contributed by atoms with Crippen LogP contribution in [0.3, 0.4) is 0 Å². The van der Waals surface area contributed by atoms with Crippen LogP contribution in [0.15, 0.2) is 42.5 Å². The Morgan fingerprint density at radius 1 is 1.19 bits per heavy atom. The number of carbonyl (C=O) groups excluding carboxylic acids is 1. The molecule has 1 aromatic heterocycles. The Morgan fingerprint density at radius 3 is 2.53 bits per heavy atom. The number of carbonyl (C=O) groups is 1. The number of benzene rings is 2. The van der Waals surface area contributed by atoms with Gasteiger partial charge in [0.25, 0.3) is 5.91 Å². The fourth-order valence-electron chi connectivity index (χ4n) is 3.63. The average Bonchev–Trinajstić information content (AvgIpc) is 3.66. The number of halogens is 6. The van der Waals surface area contributed by atoms with Gasteiger partial charge in [0, 0.05) is 5.56 Å². The minimum Gasteiger partial charge on any atom is -0.480 e. The summed E-state index contributed by atoms with van der Waals surface area (Å²) in [6.45, 7) is 0.324. The summed E-state index contributed by atoms with van der Waals surface area (Å²) in [7, 11) is 0. The number of para-hydroxylation sites is 1. The molecule has 2 aromatic carbocycles. The number of aromatic nitrogens is 1. The maximum Gasteiger partial charge on any atom is 0.425 e. The van der Waals surface area contributed by atoms with Crippen LogP contribution in [0.25, 0.3) is 11.3 Å². The van der Waals surface area contributed by atoms with E-state index in [4.69, 9.17) is 16.3 Å². The van der Waals surface area contributed by atoms with Crippen molar-refractivity contribution in [2.75, 3.05) is 5.32 Å². The number of pyridine rings is 1. The molecule has 0 spiro atoms. The molecule has 1 atom stereocenters. The predicted octanol–water partition coefficient (Wildman–Crippen LogP) is 6.63. The summed E-state index contributed by atoms with van der Waals surface area (Å²) in [4.78, 5) is 17.2. The number of ether oxygens (including phenoxy) is 1. The van der Waals surface area contributed by atoms with Gasteiger partial charge < -0.3 is 15.2 Å². The number of anilines is 1. The molecule has 1 aliphatic carbocycles. The zero-order valence-corrected chi connectivity index (χ0v) is 19.6. The van der Waals surface area contributed by atoms with Crippen LogP contribution in [0.5, 0.6) is 5.75 Å². The summed E-state index contributed by atoms with van der Waals surface area (Å²) in [6, 6.07) is 8.39. The number of aliphatic hydroxyl groups is 1. The molecule has 1 aliphatic rings. The van der Waals surface area contributed by atoms with Gasteiger partial charge in [0.05, 0.1) is 34.3 Å². The van der Waals surface area contributed by atoms with Crippen molar-refractivity contribution < 1.29 is 36.6 Å². The second kappa shape index (κ2) is 10.0. The fraction of sp³-hybridized carbons (Fsp3) is 0.280. The molecule has 190 valence electrons. The molecular weight excluding hydrogens is 507 g/mol. The van der Waals surface area contributed by atoms with Crippen molar-refractivity contribution in [3.63, 3.8) is 0 Å². The van der Waals surface area contributed by atoms with Crippen LogP contribution in [0.1, 0.15) is 47.3 Å². The van der Waals surface area contributed by atoms with Gasteiger partial charge in [0.15, 0.2) is 6.10 Å². The molecule has 1 saturated carbocycles. The first-order chi connectivity index (χ1) is 17.0. The molecule has 2 N–H and O–H groups in total. The molecular formula is C25H20ClF5N2O3. The SMILES string of the molecule is CC(Oc1cc(-c2ccc(C3CC3)c(CO)n2)c(F)cc1C(=O)Nc1c(F)cccc1Cl)C(F)(F)F. The van der Waals surface area contributed by atoms with Crippen molar-refractivity contribution in [2.45, 2.75) is 44.6 Å². The number of aliphatic hydroxyl groups excluding tert-OH is 1. The van der Waals surface area contributed by atoms with Crippen LogP contribution in [-0.4, -0.2) is 28.3 Å². The number of rotatable bonds is 7. The first kappa shape index (κ1) is 25.8. The number of hydrogen-bond donors (Lipinski definition) is 2. The molecule has 1 fully saturated rings. The molecule has 1 amide bonds. The Balaban J connectivity index is 1.77. The Kier molecular flexibility index (Phi) is 7.19. The second-order valence-corrected chi connectivity index (χ2v) is 8.75. The fourth-order valence-corrected chi connectivity index (χ4v) is 3.85. The lowest BCUT2D eigenvalue weighted by atomic mass is 10.0. The Labute approximate surface area is 207 Å². The number of alkyl halides is 3. The van der Waals surface area contributed by atoms with Gasteiger partial charge in [-0.1, -0.05) is 23.7 Å². The quantitative estimate of drug-likeness (QED) is 0.339. The molecule has 0 aliphatic heterocycles. The maximum atomic E-state index is 15.2. The Morgan fingerprint density at radius 2 is 1.92 bits per heavy atom. The molecule has 3 aromatic rings. The maximum absolute atomic E-state index is 15.2. The van der Waals surface area contributed by atoms with E-state index in [1.54, 1.807) is 6.07 Å². The van der Waals surface area contributed by atoms with E-state index in [0.717, 1.165) is 37.5 Å². The van der Waals surface area contributed by atoms with E-state index >= 15 is 4.39 Å². The van der Waals surface area contributed by atoms with Gasteiger partial charge in [0.2, 0.25) is 0 Å². The third-order valence-electron chi connectivity index (χ3n) is 5.73. The van der Waals surface area contributed by atoms with Crippen LogP contribution in [0.4, 0.5) is 27.6 Å². The van der Waals surface area contributed by atoms with Gasteiger partial charge in [0.1, 0.15) is 17.4 Å². The first-order valence-electron chi connectivity index (χ1n) is 10.9. The van der Waals surface area contributed by atoms with Crippen molar-refractivity contribution in [3.05, 3.63) is 75.9 Å². The highest BCUT2D eigenvalue weighted by molar-refractivity contribution is 6.34. The minimum atomic E-state index is -4.79. The monoisotopic (exact) mass is 526 g/mol. The lowest BCUT2D eigenvalue weighted by Crippen LogP contribution is -2.32. The standard InChI is InChI=1S/C25H20ClF5N2O3/c1-12(25(29,30)31)36-22-10-15(20-8-7-14(13-5-6-13)21(11-34)32-20)19(28)9-16(22)24(35)33-23-17(26)3-2-4-18(23)27/h2-4,7-10,12-13,34H,5-6,11H2,1H3,(H,33,35). The number of amides is 1. The van der Waals surface area contributed by atoms with Crippen LogP contribution in [0.2, 0.25) is 5.02 Å². The largest absolute Gasteiger partial charge is 0.480 e. The third-order valence-corrected chi connectivity index (χ3v) is 6.05. The molecule has 11 heteroatoms. The van der Waals surface area contributed by atoms with Gasteiger partial charge in [-0.2, -0.15) is 13.2 Å². The number of nitrogens with one attached hydrogen (secondary N) is 1. The third kappa shape index (κ3) is 5.44. The van der Waals surface area contributed by atoms with Crippen molar-refractivity contribution >= 4 is 23.2 Å². The second-order valence-electron chi connectivity index (χ2n) is 8.35. The van der Waals surface area contributed by atoms with Crippen LogP contribution in [-0.2, 0) is 6.61 Å². The van der Waals surface area contributed by atoms with E-state index in [0.29, 0.717) is 11.8 Å². The van der Waals surface area contributed by atoms with E-state index in [1.165, 1.54) is 18.2 Å². The topological polar surface area (TPSA) is 71.5 Å². The Hall–Kier alpha value is -3.24. The lowest BCUT2D eigenvalue weighted by Gasteiger charge is -2.21. The molecule has 0 bridgehead atoms. The summed E-state index contributed by atoms with van der Waals surface area (Å²) in [5, 5.41) is 11.7. The smallest absolute Gasteiger partial charge is 0.425 e. The molecule has 4 rings (SSSR count).